The molecule has 1 saturated carbocycles. The molecule has 0 bridgehead atoms. The van der Waals surface area contributed by atoms with Gasteiger partial charge in [-0.3, -0.25) is 14.5 Å². The maximum absolute atomic E-state index is 12.7. The van der Waals surface area contributed by atoms with E-state index in [2.05, 4.69) is 54.6 Å². The van der Waals surface area contributed by atoms with Crippen molar-refractivity contribution in [3.05, 3.63) is 35.9 Å². The summed E-state index contributed by atoms with van der Waals surface area (Å²) in [4.78, 5) is 29.1. The Balaban J connectivity index is 1.62. The van der Waals surface area contributed by atoms with Gasteiger partial charge in [-0.1, -0.05) is 30.3 Å². The zero-order valence-electron chi connectivity index (χ0n) is 18.7. The lowest BCUT2D eigenvalue weighted by atomic mass is 9.64. The van der Waals surface area contributed by atoms with Gasteiger partial charge in [0.1, 0.15) is 0 Å². The van der Waals surface area contributed by atoms with Gasteiger partial charge in [-0.2, -0.15) is 5.26 Å². The summed E-state index contributed by atoms with van der Waals surface area (Å²) >= 11 is 0. The summed E-state index contributed by atoms with van der Waals surface area (Å²) in [6, 6.07) is 12.8. The quantitative estimate of drug-likeness (QED) is 0.782. The molecule has 1 aliphatic heterocycles. The Morgan fingerprint density at radius 1 is 1.20 bits per heavy atom. The second-order valence-electron chi connectivity index (χ2n) is 9.99. The van der Waals surface area contributed by atoms with Gasteiger partial charge in [-0.05, 0) is 64.6 Å². The van der Waals surface area contributed by atoms with E-state index in [0.29, 0.717) is 13.0 Å². The fourth-order valence-corrected chi connectivity index (χ4v) is 4.99. The van der Waals surface area contributed by atoms with Crippen LogP contribution < -0.4 is 5.32 Å². The number of nitrogens with zero attached hydrogens (tertiary/aromatic N) is 3. The second kappa shape index (κ2) is 8.39. The van der Waals surface area contributed by atoms with Crippen molar-refractivity contribution in [3.8, 4) is 6.07 Å². The van der Waals surface area contributed by atoms with Gasteiger partial charge in [-0.15, -0.1) is 0 Å². The van der Waals surface area contributed by atoms with Gasteiger partial charge < -0.3 is 10.2 Å². The van der Waals surface area contributed by atoms with E-state index in [-0.39, 0.29) is 35.9 Å². The molecule has 2 amide bonds. The van der Waals surface area contributed by atoms with E-state index >= 15 is 0 Å². The Bertz CT molecular complexity index is 817. The summed E-state index contributed by atoms with van der Waals surface area (Å²) in [6.07, 6.45) is 4.50. The average Bonchev–Trinajstić information content (AvgIpc) is 3.02. The summed E-state index contributed by atoms with van der Waals surface area (Å²) in [5.74, 6) is -0.117. The molecule has 1 aliphatic carbocycles. The number of rotatable bonds is 6. The highest BCUT2D eigenvalue weighted by Gasteiger charge is 2.50. The van der Waals surface area contributed by atoms with Crippen LogP contribution in [0, 0.1) is 22.2 Å². The van der Waals surface area contributed by atoms with E-state index in [1.54, 1.807) is 18.7 Å². The highest BCUT2D eigenvalue weighted by Crippen LogP contribution is 2.52. The Morgan fingerprint density at radius 3 is 2.40 bits per heavy atom. The van der Waals surface area contributed by atoms with Crippen LogP contribution in [0.4, 0.5) is 0 Å². The monoisotopic (exact) mass is 410 g/mol. The summed E-state index contributed by atoms with van der Waals surface area (Å²) in [7, 11) is 4.29. The molecule has 30 heavy (non-hydrogen) atoms. The number of hydrogen-bond acceptors (Lipinski definition) is 4. The van der Waals surface area contributed by atoms with Gasteiger partial charge in [0.25, 0.3) is 0 Å². The zero-order valence-corrected chi connectivity index (χ0v) is 18.7. The third kappa shape index (κ3) is 4.52. The molecule has 6 nitrogen and oxygen atoms in total. The number of nitriles is 1. The highest BCUT2D eigenvalue weighted by atomic mass is 16.2. The van der Waals surface area contributed by atoms with E-state index < -0.39 is 5.41 Å². The van der Waals surface area contributed by atoms with Crippen molar-refractivity contribution in [3.63, 3.8) is 0 Å². The second-order valence-corrected chi connectivity index (χ2v) is 9.99. The SMILES string of the molecule is CN(C)C1(c2ccccc2)CCC2(CC1)CC(=O)N(CC(=O)NCC(C)(C)C#N)C2. The maximum Gasteiger partial charge on any atom is 0.239 e. The van der Waals surface area contributed by atoms with Crippen molar-refractivity contribution in [2.75, 3.05) is 33.7 Å². The Morgan fingerprint density at radius 2 is 1.83 bits per heavy atom. The van der Waals surface area contributed by atoms with Crippen LogP contribution in [0.2, 0.25) is 0 Å². The third-order valence-corrected chi connectivity index (χ3v) is 7.07. The lowest BCUT2D eigenvalue weighted by Gasteiger charge is -2.48. The van der Waals surface area contributed by atoms with Gasteiger partial charge in [0.2, 0.25) is 11.8 Å². The van der Waals surface area contributed by atoms with E-state index in [4.69, 9.17) is 5.26 Å². The molecule has 1 heterocycles. The summed E-state index contributed by atoms with van der Waals surface area (Å²) < 4.78 is 0. The van der Waals surface area contributed by atoms with Crippen LogP contribution in [-0.4, -0.2) is 55.3 Å². The minimum absolute atomic E-state index is 0.00320. The first-order valence-corrected chi connectivity index (χ1v) is 10.8. The highest BCUT2D eigenvalue weighted by molar-refractivity contribution is 5.86. The molecule has 0 aromatic heterocycles. The van der Waals surface area contributed by atoms with Crippen LogP contribution in [0.15, 0.2) is 30.3 Å². The van der Waals surface area contributed by atoms with E-state index in [9.17, 15) is 9.59 Å². The standard InChI is InChI=1S/C24H34N4O2/c1-22(2,16-25)17-26-20(29)15-28-18-23(14-21(28)30)10-12-24(13-11-23,27(3)4)19-8-6-5-7-9-19/h5-9H,10-15,17-18H2,1-4H3,(H,26,29). The molecule has 0 radical (unpaired) electrons. The molecule has 162 valence electrons. The first-order chi connectivity index (χ1) is 14.1. The lowest BCUT2D eigenvalue weighted by molar-refractivity contribution is -0.133. The van der Waals surface area contributed by atoms with Crippen molar-refractivity contribution in [2.45, 2.75) is 51.5 Å². The molecule has 2 fully saturated rings. The molecule has 3 rings (SSSR count). The summed E-state index contributed by atoms with van der Waals surface area (Å²) in [5.41, 5.74) is 0.703. The molecule has 1 N–H and O–H groups in total. The Kier molecular flexibility index (Phi) is 6.24. The normalized spacial score (nSPS) is 26.8. The Hall–Kier alpha value is -2.39. The van der Waals surface area contributed by atoms with Crippen LogP contribution in [0.1, 0.15) is 51.5 Å². The first-order valence-electron chi connectivity index (χ1n) is 10.8. The molecular weight excluding hydrogens is 376 g/mol. The first kappa shape index (κ1) is 22.3. The fraction of sp³-hybridized carbons (Fsp3) is 0.625. The van der Waals surface area contributed by atoms with Crippen LogP contribution in [-0.2, 0) is 15.1 Å². The summed E-state index contributed by atoms with van der Waals surface area (Å²) in [5, 5.41) is 11.9. The molecule has 6 heteroatoms. The fourth-order valence-electron chi connectivity index (χ4n) is 4.99. The predicted octanol–water partition coefficient (Wildman–Crippen LogP) is 2.90. The van der Waals surface area contributed by atoms with E-state index in [0.717, 1.165) is 25.7 Å². The van der Waals surface area contributed by atoms with Gasteiger partial charge in [0.05, 0.1) is 18.0 Å². The zero-order chi connectivity index (χ0) is 22.0. The molecular formula is C24H34N4O2. The largest absolute Gasteiger partial charge is 0.353 e. The predicted molar refractivity (Wildman–Crippen MR) is 116 cm³/mol. The minimum atomic E-state index is -0.609. The van der Waals surface area contributed by atoms with Gasteiger partial charge in [0, 0.05) is 25.0 Å². The molecule has 1 aromatic rings. The lowest BCUT2D eigenvalue weighted by Crippen LogP contribution is -2.47. The number of carbonyl (C=O) groups is 2. The van der Waals surface area contributed by atoms with Gasteiger partial charge in [-0.25, -0.2) is 0 Å². The Labute approximate surface area is 180 Å². The van der Waals surface area contributed by atoms with Crippen molar-refractivity contribution in [2.24, 2.45) is 10.8 Å². The number of benzene rings is 1. The van der Waals surface area contributed by atoms with Crippen molar-refractivity contribution >= 4 is 11.8 Å². The molecule has 1 aromatic carbocycles. The van der Waals surface area contributed by atoms with Gasteiger partial charge >= 0.3 is 0 Å². The average molecular weight is 411 g/mol. The maximum atomic E-state index is 12.7. The number of carbonyl (C=O) groups excluding carboxylic acids is 2. The number of hydrogen-bond donors (Lipinski definition) is 1. The number of nitrogens with one attached hydrogen (secondary N) is 1. The number of amides is 2. The van der Waals surface area contributed by atoms with Crippen molar-refractivity contribution < 1.29 is 9.59 Å². The summed E-state index contributed by atoms with van der Waals surface area (Å²) in [6.45, 7) is 4.60. The smallest absolute Gasteiger partial charge is 0.239 e. The number of likely N-dealkylation sites (tertiary alicyclic amines) is 1. The van der Waals surface area contributed by atoms with Crippen LogP contribution in [0.3, 0.4) is 0 Å². The van der Waals surface area contributed by atoms with E-state index in [1.165, 1.54) is 5.56 Å². The van der Waals surface area contributed by atoms with Crippen LogP contribution in [0.25, 0.3) is 0 Å². The molecule has 1 saturated heterocycles. The topological polar surface area (TPSA) is 76.4 Å². The molecule has 1 spiro atoms. The van der Waals surface area contributed by atoms with Crippen molar-refractivity contribution in [1.29, 1.82) is 5.26 Å². The van der Waals surface area contributed by atoms with Crippen molar-refractivity contribution in [1.82, 2.24) is 15.1 Å². The molecule has 0 unspecified atom stereocenters. The minimum Gasteiger partial charge on any atom is -0.353 e. The molecule has 2 aliphatic rings. The molecule has 0 atom stereocenters. The van der Waals surface area contributed by atoms with Crippen LogP contribution >= 0.6 is 0 Å². The van der Waals surface area contributed by atoms with Crippen LogP contribution in [0.5, 0.6) is 0 Å². The van der Waals surface area contributed by atoms with E-state index in [1.807, 2.05) is 6.07 Å². The van der Waals surface area contributed by atoms with Gasteiger partial charge in [0.15, 0.2) is 0 Å². The third-order valence-electron chi connectivity index (χ3n) is 7.07.